The average molecular weight is 589 g/mol. The van der Waals surface area contributed by atoms with E-state index in [-0.39, 0.29) is 17.4 Å². The van der Waals surface area contributed by atoms with Gasteiger partial charge in [0.25, 0.3) is 0 Å². The Bertz CT molecular complexity index is 1510. The fourth-order valence-corrected chi connectivity index (χ4v) is 5.88. The normalized spacial score (nSPS) is 26.2. The Morgan fingerprint density at radius 1 is 1.37 bits per heavy atom. The molecule has 1 saturated carbocycles. The number of rotatable bonds is 11. The maximum Gasteiger partial charge on any atom is 0.459 e. The molecule has 2 aliphatic rings. The number of carbonyl (C=O) groups excluding carboxylic acids is 1. The number of hydrogen-bond donors (Lipinski definition) is 3. The first-order chi connectivity index (χ1) is 19.6. The van der Waals surface area contributed by atoms with Crippen LogP contribution in [0.2, 0.25) is 0 Å². The third-order valence-electron chi connectivity index (χ3n) is 6.66. The van der Waals surface area contributed by atoms with Crippen LogP contribution in [-0.4, -0.2) is 74.3 Å². The Balaban J connectivity index is 1.40. The number of aryl methyl sites for hydroxylation is 1. The second-order valence-corrected chi connectivity index (χ2v) is 11.5. The van der Waals surface area contributed by atoms with E-state index >= 15 is 4.39 Å². The van der Waals surface area contributed by atoms with Crippen LogP contribution in [0.3, 0.4) is 0 Å². The molecule has 15 heteroatoms. The van der Waals surface area contributed by atoms with Gasteiger partial charge < -0.3 is 24.4 Å². The van der Waals surface area contributed by atoms with Gasteiger partial charge in [-0.15, -0.1) is 6.42 Å². The van der Waals surface area contributed by atoms with Gasteiger partial charge in [0.05, 0.1) is 20.0 Å². The minimum Gasteiger partial charge on any atom is -0.468 e. The first kappa shape index (κ1) is 28.9. The van der Waals surface area contributed by atoms with E-state index in [1.807, 2.05) is 5.92 Å². The summed E-state index contributed by atoms with van der Waals surface area (Å²) in [5, 5.41) is 16.7. The second-order valence-electron chi connectivity index (χ2n) is 9.82. The van der Waals surface area contributed by atoms with Crippen molar-refractivity contribution in [3.63, 3.8) is 0 Å². The number of nitrogens with one attached hydrogen (secondary N) is 2. The Hall–Kier alpha value is -3.60. The van der Waals surface area contributed by atoms with Crippen molar-refractivity contribution in [2.24, 2.45) is 0 Å². The number of para-hydroxylation sites is 1. The fraction of sp³-hybridized carbons (Fsp3) is 0.462. The molecule has 0 unspecified atom stereocenters. The van der Waals surface area contributed by atoms with Crippen molar-refractivity contribution in [2.45, 2.75) is 62.9 Å². The molecule has 1 aromatic carbocycles. The summed E-state index contributed by atoms with van der Waals surface area (Å²) in [6.07, 6.45) is 4.03. The van der Waals surface area contributed by atoms with Gasteiger partial charge in [0, 0.05) is 6.04 Å². The van der Waals surface area contributed by atoms with Gasteiger partial charge in [-0.25, -0.2) is 23.9 Å². The maximum atomic E-state index is 16.2. The quantitative estimate of drug-likeness (QED) is 0.171. The molecular formula is C26H30FN6O7P. The summed E-state index contributed by atoms with van der Waals surface area (Å²) >= 11 is 0. The van der Waals surface area contributed by atoms with Crippen LogP contribution in [-0.2, 0) is 23.4 Å². The van der Waals surface area contributed by atoms with E-state index in [0.717, 1.165) is 12.8 Å². The number of hydrogen-bond acceptors (Lipinski definition) is 11. The van der Waals surface area contributed by atoms with Crippen molar-refractivity contribution in [1.82, 2.24) is 24.6 Å². The predicted octanol–water partition coefficient (Wildman–Crippen LogP) is 2.66. The zero-order valence-electron chi connectivity index (χ0n) is 22.6. The monoisotopic (exact) mass is 588 g/mol. The lowest BCUT2D eigenvalue weighted by Crippen LogP contribution is -2.42. The molecule has 218 valence electrons. The molecule has 2 fully saturated rings. The van der Waals surface area contributed by atoms with Crippen LogP contribution < -0.4 is 14.9 Å². The summed E-state index contributed by atoms with van der Waals surface area (Å²) in [5.41, 5.74) is -2.09. The van der Waals surface area contributed by atoms with Gasteiger partial charge in [0.15, 0.2) is 23.2 Å². The summed E-state index contributed by atoms with van der Waals surface area (Å²) in [6, 6.07) is 7.26. The number of ether oxygens (including phenoxy) is 2. The van der Waals surface area contributed by atoms with Crippen LogP contribution in [0.1, 0.15) is 31.8 Å². The molecule has 0 radical (unpaired) electrons. The van der Waals surface area contributed by atoms with Crippen molar-refractivity contribution in [2.75, 3.05) is 19.0 Å². The van der Waals surface area contributed by atoms with E-state index < -0.39 is 50.5 Å². The average Bonchev–Trinajstić information content (AvgIpc) is 3.62. The highest BCUT2D eigenvalue weighted by atomic mass is 31.2. The van der Waals surface area contributed by atoms with Crippen molar-refractivity contribution in [3.05, 3.63) is 42.5 Å². The zero-order chi connectivity index (χ0) is 29.4. The van der Waals surface area contributed by atoms with E-state index in [1.54, 1.807) is 25.1 Å². The Labute approximate surface area is 235 Å². The lowest BCUT2D eigenvalue weighted by Gasteiger charge is -2.24. The van der Waals surface area contributed by atoms with Gasteiger partial charge in [-0.05, 0) is 38.8 Å². The molecule has 41 heavy (non-hydrogen) atoms. The van der Waals surface area contributed by atoms with E-state index in [0.29, 0.717) is 17.2 Å². The second kappa shape index (κ2) is 11.3. The first-order valence-corrected chi connectivity index (χ1v) is 14.4. The van der Waals surface area contributed by atoms with Crippen LogP contribution in [0, 0.1) is 19.3 Å². The van der Waals surface area contributed by atoms with Gasteiger partial charge >= 0.3 is 13.7 Å². The summed E-state index contributed by atoms with van der Waals surface area (Å²) in [4.78, 5) is 25.2. The fourth-order valence-electron chi connectivity index (χ4n) is 4.38. The van der Waals surface area contributed by atoms with Gasteiger partial charge in [-0.2, -0.15) is 5.09 Å². The molecular weight excluding hydrogens is 558 g/mol. The third-order valence-corrected chi connectivity index (χ3v) is 8.30. The van der Waals surface area contributed by atoms with Gasteiger partial charge in [0.2, 0.25) is 5.67 Å². The zero-order valence-corrected chi connectivity index (χ0v) is 23.5. The molecule has 3 N–H and O–H groups in total. The minimum atomic E-state index is -4.30. The molecule has 1 aliphatic heterocycles. The van der Waals surface area contributed by atoms with Crippen molar-refractivity contribution < 1.29 is 37.4 Å². The Morgan fingerprint density at radius 3 is 2.76 bits per heavy atom. The Kier molecular flexibility index (Phi) is 8.00. The van der Waals surface area contributed by atoms with Crippen molar-refractivity contribution >= 4 is 30.7 Å². The number of nitrogens with zero attached hydrogens (tertiary/aromatic N) is 4. The number of aliphatic hydroxyl groups is 1. The van der Waals surface area contributed by atoms with Crippen LogP contribution in [0.25, 0.3) is 11.2 Å². The van der Waals surface area contributed by atoms with E-state index in [1.165, 1.54) is 37.1 Å². The number of fused-ring (bicyclic) bond motifs is 1. The Morgan fingerprint density at radius 2 is 2.10 bits per heavy atom. The number of aliphatic hydroxyl groups excluding tert-OH is 1. The summed E-state index contributed by atoms with van der Waals surface area (Å²) in [6.45, 7) is 2.47. The molecule has 0 amide bonds. The smallest absolute Gasteiger partial charge is 0.459 e. The predicted molar refractivity (Wildman–Crippen MR) is 145 cm³/mol. The number of esters is 1. The van der Waals surface area contributed by atoms with Gasteiger partial charge in [-0.1, -0.05) is 24.1 Å². The topological polar surface area (TPSA) is 159 Å². The summed E-state index contributed by atoms with van der Waals surface area (Å²) in [5.74, 6) is 2.37. The van der Waals surface area contributed by atoms with Gasteiger partial charge in [-0.3, -0.25) is 13.9 Å². The number of terminal acetylenes is 1. The highest BCUT2D eigenvalue weighted by Crippen LogP contribution is 2.48. The molecule has 1 aliphatic carbocycles. The minimum absolute atomic E-state index is 0.171. The van der Waals surface area contributed by atoms with E-state index in [2.05, 4.69) is 30.1 Å². The molecule has 13 nitrogen and oxygen atoms in total. The number of halogens is 1. The molecule has 2 aromatic heterocycles. The number of methoxy groups -OCH3 is 1. The largest absolute Gasteiger partial charge is 0.468 e. The third kappa shape index (κ3) is 5.91. The maximum absolute atomic E-state index is 16.2. The number of aromatic nitrogens is 4. The SMILES string of the molecule is C#C[C@@]1(F)[C@H](O)[C@@H](CO[P@@](=O)(N[C@@H](C)C(=O)OC)Oc2ccccc2)O[C@H]1n1cnc2c(NC3CC3)nc(C)nc21. The van der Waals surface area contributed by atoms with Crippen LogP contribution >= 0.6 is 7.75 Å². The highest BCUT2D eigenvalue weighted by Gasteiger charge is 2.58. The standard InChI is InChI=1S/C26H30FN6O7P/c1-5-26(27)21(34)19(13-38-41(36,32-15(2)24(35)37-4)40-18-9-7-6-8-10-18)39-25(26)33-14-28-20-22(31-17-11-12-17)29-16(3)30-23(20)33/h1,6-10,14-15,17,19,21,25,34H,11-13H2,2-4H3,(H,32,36)(H,29,30,31)/t15-,19+,21+,25+,26+,41-/m0/s1. The van der Waals surface area contributed by atoms with Crippen LogP contribution in [0.4, 0.5) is 10.2 Å². The molecule has 0 bridgehead atoms. The summed E-state index contributed by atoms with van der Waals surface area (Å²) < 4.78 is 52.9. The molecule has 3 heterocycles. The van der Waals surface area contributed by atoms with Gasteiger partial charge in [0.1, 0.15) is 29.8 Å². The van der Waals surface area contributed by atoms with E-state index in [4.69, 9.17) is 20.2 Å². The molecule has 3 aromatic rings. The number of benzene rings is 1. The lowest BCUT2D eigenvalue weighted by molar-refractivity contribution is -0.142. The number of anilines is 1. The van der Waals surface area contributed by atoms with Crippen LogP contribution in [0.15, 0.2) is 36.7 Å². The number of imidazole rings is 1. The number of carbonyl (C=O) groups is 1. The molecule has 5 rings (SSSR count). The van der Waals surface area contributed by atoms with E-state index in [9.17, 15) is 14.5 Å². The van der Waals surface area contributed by atoms with Crippen molar-refractivity contribution in [1.29, 1.82) is 0 Å². The molecule has 0 spiro atoms. The molecule has 1 saturated heterocycles. The molecule has 6 atom stereocenters. The van der Waals surface area contributed by atoms with Crippen LogP contribution in [0.5, 0.6) is 5.75 Å². The lowest BCUT2D eigenvalue weighted by atomic mass is 9.97. The number of alkyl halides is 1. The first-order valence-electron chi connectivity index (χ1n) is 12.9. The van der Waals surface area contributed by atoms with Crippen molar-refractivity contribution in [3.8, 4) is 18.1 Å². The summed E-state index contributed by atoms with van der Waals surface area (Å²) in [7, 11) is -3.13. The highest BCUT2D eigenvalue weighted by molar-refractivity contribution is 7.52.